The molecule has 22 heavy (non-hydrogen) atoms. The molecular formula is C14H21N3O4S. The van der Waals surface area contributed by atoms with Gasteiger partial charge in [-0.2, -0.15) is 0 Å². The van der Waals surface area contributed by atoms with Crippen molar-refractivity contribution in [3.8, 4) is 0 Å². The smallest absolute Gasteiger partial charge is 0.320 e. The topological polar surface area (TPSA) is 90.0 Å². The molecule has 7 nitrogen and oxygen atoms in total. The molecular weight excluding hydrogens is 306 g/mol. The third-order valence-corrected chi connectivity index (χ3v) is 5.45. The maximum atomic E-state index is 12.1. The number of carboxylic acids is 1. The van der Waals surface area contributed by atoms with Crippen molar-refractivity contribution in [1.82, 2.24) is 9.62 Å². The molecule has 8 heteroatoms. The predicted molar refractivity (Wildman–Crippen MR) is 83.6 cm³/mol. The van der Waals surface area contributed by atoms with Crippen LogP contribution >= 0.6 is 0 Å². The molecule has 122 valence electrons. The maximum Gasteiger partial charge on any atom is 0.320 e. The highest BCUT2D eigenvalue weighted by Gasteiger charge is 2.27. The van der Waals surface area contributed by atoms with Gasteiger partial charge < -0.3 is 10.0 Å². The molecule has 0 aliphatic carbocycles. The molecule has 0 bridgehead atoms. The van der Waals surface area contributed by atoms with Crippen LogP contribution in [0.2, 0.25) is 0 Å². The van der Waals surface area contributed by atoms with E-state index in [-0.39, 0.29) is 4.90 Å². The number of carboxylic acid groups (broad SMARTS) is 1. The molecule has 1 unspecified atom stereocenters. The monoisotopic (exact) mass is 327 g/mol. The largest absolute Gasteiger partial charge is 0.480 e. The van der Waals surface area contributed by atoms with Crippen molar-refractivity contribution < 1.29 is 18.3 Å². The highest BCUT2D eigenvalue weighted by atomic mass is 32.2. The first-order valence-corrected chi connectivity index (χ1v) is 8.59. The van der Waals surface area contributed by atoms with Crippen LogP contribution in [0.5, 0.6) is 0 Å². The second kappa shape index (κ2) is 6.64. The second-order valence-corrected chi connectivity index (χ2v) is 7.07. The van der Waals surface area contributed by atoms with Crippen LogP contribution in [0.1, 0.15) is 6.92 Å². The molecule has 1 aliphatic rings. The zero-order valence-electron chi connectivity index (χ0n) is 12.7. The number of anilines is 1. The van der Waals surface area contributed by atoms with Crippen LogP contribution in [0, 0.1) is 0 Å². The number of para-hydroxylation sites is 1. The fourth-order valence-corrected chi connectivity index (χ4v) is 3.51. The highest BCUT2D eigenvalue weighted by Crippen LogP contribution is 2.26. The third kappa shape index (κ3) is 3.40. The number of hydrogen-bond donors (Lipinski definition) is 2. The van der Waals surface area contributed by atoms with E-state index in [4.69, 9.17) is 5.11 Å². The lowest BCUT2D eigenvalue weighted by Crippen LogP contribution is -2.52. The van der Waals surface area contributed by atoms with E-state index >= 15 is 0 Å². The lowest BCUT2D eigenvalue weighted by atomic mass is 10.2. The van der Waals surface area contributed by atoms with E-state index in [1.54, 1.807) is 31.2 Å². The lowest BCUT2D eigenvalue weighted by molar-refractivity contribution is -0.142. The Bertz CT molecular complexity index is 639. The zero-order chi connectivity index (χ0) is 16.3. The van der Waals surface area contributed by atoms with Gasteiger partial charge in [-0.05, 0) is 26.1 Å². The fraction of sp³-hybridized carbons (Fsp3) is 0.500. The van der Waals surface area contributed by atoms with Crippen molar-refractivity contribution in [1.29, 1.82) is 0 Å². The summed E-state index contributed by atoms with van der Waals surface area (Å²) in [7, 11) is -2.13. The van der Waals surface area contributed by atoms with Gasteiger partial charge in [0, 0.05) is 26.2 Å². The summed E-state index contributed by atoms with van der Waals surface area (Å²) in [5.41, 5.74) is 0.652. The summed E-state index contributed by atoms with van der Waals surface area (Å²) in [6.45, 7) is 4.02. The summed E-state index contributed by atoms with van der Waals surface area (Å²) >= 11 is 0. The lowest BCUT2D eigenvalue weighted by Gasteiger charge is -2.38. The standard InChI is InChI=1S/C14H21N3O4S/c1-11(14(18)19)16-7-9-17(10-8-16)12-5-3-4-6-13(12)22(20,21)15-2/h3-6,11,15H,7-10H2,1-2H3,(H,18,19). The van der Waals surface area contributed by atoms with E-state index in [2.05, 4.69) is 4.72 Å². The molecule has 2 N–H and O–H groups in total. The molecule has 1 aromatic rings. The molecule has 2 rings (SSSR count). The Morgan fingerprint density at radius 2 is 1.82 bits per heavy atom. The van der Waals surface area contributed by atoms with E-state index in [1.165, 1.54) is 7.05 Å². The summed E-state index contributed by atoms with van der Waals surface area (Å²) in [5.74, 6) is -0.841. The van der Waals surface area contributed by atoms with Gasteiger partial charge in [0.15, 0.2) is 0 Å². The van der Waals surface area contributed by atoms with Gasteiger partial charge in [-0.3, -0.25) is 9.69 Å². The van der Waals surface area contributed by atoms with Gasteiger partial charge in [-0.25, -0.2) is 13.1 Å². The SMILES string of the molecule is CNS(=O)(=O)c1ccccc1N1CCN(C(C)C(=O)O)CC1. The van der Waals surface area contributed by atoms with Crippen molar-refractivity contribution in [3.63, 3.8) is 0 Å². The van der Waals surface area contributed by atoms with Crippen molar-refractivity contribution in [2.45, 2.75) is 17.9 Å². The van der Waals surface area contributed by atoms with Gasteiger partial charge in [0.1, 0.15) is 10.9 Å². The van der Waals surface area contributed by atoms with Gasteiger partial charge in [0.05, 0.1) is 5.69 Å². The van der Waals surface area contributed by atoms with Gasteiger partial charge in [-0.15, -0.1) is 0 Å². The van der Waals surface area contributed by atoms with E-state index < -0.39 is 22.0 Å². The fourth-order valence-electron chi connectivity index (χ4n) is 2.56. The van der Waals surface area contributed by atoms with E-state index in [0.717, 1.165) is 0 Å². The molecule has 1 saturated heterocycles. The first-order valence-electron chi connectivity index (χ1n) is 7.11. The van der Waals surface area contributed by atoms with Crippen molar-refractivity contribution in [2.24, 2.45) is 0 Å². The number of aliphatic carboxylic acids is 1. The first kappa shape index (κ1) is 16.7. The number of nitrogens with one attached hydrogen (secondary N) is 1. The number of piperazine rings is 1. The van der Waals surface area contributed by atoms with Crippen molar-refractivity contribution in [3.05, 3.63) is 24.3 Å². The minimum atomic E-state index is -3.52. The first-order chi connectivity index (χ1) is 10.4. The van der Waals surface area contributed by atoms with Crippen LogP contribution in [0.25, 0.3) is 0 Å². The van der Waals surface area contributed by atoms with Crippen LogP contribution in [0.4, 0.5) is 5.69 Å². The molecule has 0 aromatic heterocycles. The minimum absolute atomic E-state index is 0.247. The summed E-state index contributed by atoms with van der Waals surface area (Å²) < 4.78 is 26.5. The van der Waals surface area contributed by atoms with Crippen molar-refractivity contribution >= 4 is 21.7 Å². The minimum Gasteiger partial charge on any atom is -0.480 e. The van der Waals surface area contributed by atoms with Gasteiger partial charge in [0.2, 0.25) is 10.0 Å². The number of hydrogen-bond acceptors (Lipinski definition) is 5. The normalized spacial score (nSPS) is 18.2. The molecule has 1 atom stereocenters. The Morgan fingerprint density at radius 3 is 2.36 bits per heavy atom. The van der Waals surface area contributed by atoms with E-state index in [0.29, 0.717) is 31.9 Å². The summed E-state index contributed by atoms with van der Waals surface area (Å²) in [6.07, 6.45) is 0. The summed E-state index contributed by atoms with van der Waals surface area (Å²) in [6, 6.07) is 6.32. The van der Waals surface area contributed by atoms with Crippen LogP contribution in [-0.4, -0.2) is 63.7 Å². The van der Waals surface area contributed by atoms with Gasteiger partial charge in [-0.1, -0.05) is 12.1 Å². The van der Waals surface area contributed by atoms with Crippen LogP contribution < -0.4 is 9.62 Å². The number of carbonyl (C=O) groups is 1. The maximum absolute atomic E-state index is 12.1. The molecule has 1 aliphatic heterocycles. The van der Waals surface area contributed by atoms with Gasteiger partial charge >= 0.3 is 5.97 Å². The summed E-state index contributed by atoms with van der Waals surface area (Å²) in [5, 5.41) is 9.06. The summed E-state index contributed by atoms with van der Waals surface area (Å²) in [4.78, 5) is 15.1. The molecule has 0 amide bonds. The third-order valence-electron chi connectivity index (χ3n) is 3.98. The number of rotatable bonds is 5. The van der Waals surface area contributed by atoms with Crippen LogP contribution in [-0.2, 0) is 14.8 Å². The zero-order valence-corrected chi connectivity index (χ0v) is 13.5. The van der Waals surface area contributed by atoms with E-state index in [9.17, 15) is 13.2 Å². The number of sulfonamides is 1. The van der Waals surface area contributed by atoms with Crippen LogP contribution in [0.3, 0.4) is 0 Å². The van der Waals surface area contributed by atoms with Crippen LogP contribution in [0.15, 0.2) is 29.2 Å². The van der Waals surface area contributed by atoms with E-state index in [1.807, 2.05) is 9.80 Å². The average molecular weight is 327 g/mol. The van der Waals surface area contributed by atoms with Gasteiger partial charge in [0.25, 0.3) is 0 Å². The predicted octanol–water partition coefficient (Wildman–Crippen LogP) is 0.190. The molecule has 1 aromatic carbocycles. The molecule has 1 heterocycles. The molecule has 0 radical (unpaired) electrons. The molecule has 1 fully saturated rings. The second-order valence-electron chi connectivity index (χ2n) is 5.21. The Labute approximate surface area is 130 Å². The molecule has 0 spiro atoms. The number of benzene rings is 1. The Hall–Kier alpha value is -1.64. The number of nitrogens with zero attached hydrogens (tertiary/aromatic N) is 2. The Kier molecular flexibility index (Phi) is 5.05. The highest BCUT2D eigenvalue weighted by molar-refractivity contribution is 7.89. The average Bonchev–Trinajstić information content (AvgIpc) is 2.54. The Balaban J connectivity index is 2.18. The Morgan fingerprint density at radius 1 is 1.23 bits per heavy atom. The molecule has 0 saturated carbocycles. The quantitative estimate of drug-likeness (QED) is 0.802. The van der Waals surface area contributed by atoms with Crippen molar-refractivity contribution in [2.75, 3.05) is 38.1 Å².